The zero-order valence-corrected chi connectivity index (χ0v) is 15.6. The number of amides is 1. The zero-order valence-electron chi connectivity index (χ0n) is 15.6. The molecule has 7 nitrogen and oxygen atoms in total. The maximum Gasteiger partial charge on any atom is 0.241 e. The first-order chi connectivity index (χ1) is 13.8. The molecule has 1 atom stereocenters. The second-order valence-electron chi connectivity index (χ2n) is 7.03. The van der Waals surface area contributed by atoms with Gasteiger partial charge in [-0.05, 0) is 37.1 Å². The Morgan fingerprint density at radius 3 is 2.82 bits per heavy atom. The number of nitrogens with zero attached hydrogens (tertiary/aromatic N) is 4. The minimum absolute atomic E-state index is 0.0212. The molecule has 144 valence electrons. The number of carbonyl (C=O) groups excluding carboxylic acids is 1. The quantitative estimate of drug-likeness (QED) is 0.711. The van der Waals surface area contributed by atoms with Crippen LogP contribution >= 0.6 is 0 Å². The van der Waals surface area contributed by atoms with Crippen molar-refractivity contribution >= 4 is 5.91 Å². The number of hydrogen-bond acceptors (Lipinski definition) is 6. The van der Waals surface area contributed by atoms with Gasteiger partial charge in [-0.25, -0.2) is 0 Å². The van der Waals surface area contributed by atoms with Gasteiger partial charge < -0.3 is 9.84 Å². The van der Waals surface area contributed by atoms with Gasteiger partial charge >= 0.3 is 0 Å². The number of likely N-dealkylation sites (tertiary alicyclic amines) is 1. The van der Waals surface area contributed by atoms with Gasteiger partial charge in [0.1, 0.15) is 0 Å². The first kappa shape index (κ1) is 18.3. The van der Waals surface area contributed by atoms with Gasteiger partial charge in [0.15, 0.2) is 0 Å². The fourth-order valence-corrected chi connectivity index (χ4v) is 3.46. The zero-order chi connectivity index (χ0) is 19.2. The number of aromatic nitrogens is 3. The number of nitrogens with one attached hydrogen (secondary N) is 1. The largest absolute Gasteiger partial charge is 0.352 e. The molecule has 1 aromatic carbocycles. The van der Waals surface area contributed by atoms with Crippen molar-refractivity contribution in [2.24, 2.45) is 5.92 Å². The SMILES string of the molecule is O=C(NCc1ccncc1)C1CCCN(Cc2nc(-c3ccccc3)no2)C1. The van der Waals surface area contributed by atoms with Crippen molar-refractivity contribution in [3.8, 4) is 11.4 Å². The minimum atomic E-state index is -0.0212. The van der Waals surface area contributed by atoms with E-state index in [1.54, 1.807) is 12.4 Å². The summed E-state index contributed by atoms with van der Waals surface area (Å²) in [5.41, 5.74) is 1.99. The van der Waals surface area contributed by atoms with Crippen molar-refractivity contribution in [2.75, 3.05) is 13.1 Å². The highest BCUT2D eigenvalue weighted by Crippen LogP contribution is 2.20. The maximum absolute atomic E-state index is 12.6. The lowest BCUT2D eigenvalue weighted by atomic mass is 9.97. The highest BCUT2D eigenvalue weighted by molar-refractivity contribution is 5.78. The van der Waals surface area contributed by atoms with Crippen molar-refractivity contribution in [1.82, 2.24) is 25.3 Å². The van der Waals surface area contributed by atoms with Gasteiger partial charge in [0.2, 0.25) is 17.6 Å². The molecule has 28 heavy (non-hydrogen) atoms. The summed E-state index contributed by atoms with van der Waals surface area (Å²) in [6.45, 7) is 2.72. The Kier molecular flexibility index (Phi) is 5.72. The molecule has 1 N–H and O–H groups in total. The summed E-state index contributed by atoms with van der Waals surface area (Å²) in [7, 11) is 0. The lowest BCUT2D eigenvalue weighted by molar-refractivity contribution is -0.127. The molecule has 3 aromatic rings. The van der Waals surface area contributed by atoms with E-state index in [1.807, 2.05) is 42.5 Å². The third-order valence-corrected chi connectivity index (χ3v) is 4.95. The second-order valence-corrected chi connectivity index (χ2v) is 7.03. The van der Waals surface area contributed by atoms with Crippen molar-refractivity contribution in [3.05, 3.63) is 66.3 Å². The Morgan fingerprint density at radius 1 is 1.18 bits per heavy atom. The Morgan fingerprint density at radius 2 is 2.00 bits per heavy atom. The predicted molar refractivity (Wildman–Crippen MR) is 104 cm³/mol. The number of piperidine rings is 1. The molecule has 1 aliphatic heterocycles. The molecule has 1 saturated heterocycles. The Hall–Kier alpha value is -3.06. The van der Waals surface area contributed by atoms with E-state index >= 15 is 0 Å². The molecule has 1 unspecified atom stereocenters. The normalized spacial score (nSPS) is 17.4. The van der Waals surface area contributed by atoms with Gasteiger partial charge in [-0.1, -0.05) is 35.5 Å². The van der Waals surface area contributed by atoms with Crippen molar-refractivity contribution < 1.29 is 9.32 Å². The van der Waals surface area contributed by atoms with E-state index in [0.717, 1.165) is 30.5 Å². The van der Waals surface area contributed by atoms with Crippen LogP contribution in [-0.4, -0.2) is 39.0 Å². The van der Waals surface area contributed by atoms with Gasteiger partial charge in [-0.3, -0.25) is 14.7 Å². The summed E-state index contributed by atoms with van der Waals surface area (Å²) in [6, 6.07) is 13.6. The van der Waals surface area contributed by atoms with Gasteiger partial charge in [0.25, 0.3) is 0 Å². The Balaban J connectivity index is 1.31. The Bertz CT molecular complexity index is 897. The molecule has 2 aromatic heterocycles. The summed E-state index contributed by atoms with van der Waals surface area (Å²) in [5.74, 6) is 1.25. The highest BCUT2D eigenvalue weighted by atomic mass is 16.5. The van der Waals surface area contributed by atoms with Crippen LogP contribution in [0, 0.1) is 5.92 Å². The fraction of sp³-hybridized carbons (Fsp3) is 0.333. The summed E-state index contributed by atoms with van der Waals surface area (Å²) in [5, 5.41) is 7.11. The van der Waals surface area contributed by atoms with E-state index in [1.165, 1.54) is 0 Å². The fourth-order valence-electron chi connectivity index (χ4n) is 3.46. The minimum Gasteiger partial charge on any atom is -0.352 e. The molecule has 0 saturated carbocycles. The molecule has 0 bridgehead atoms. The number of carbonyl (C=O) groups is 1. The highest BCUT2D eigenvalue weighted by Gasteiger charge is 2.26. The van der Waals surface area contributed by atoms with Crippen LogP contribution in [0.25, 0.3) is 11.4 Å². The summed E-state index contributed by atoms with van der Waals surface area (Å²) < 4.78 is 5.41. The smallest absolute Gasteiger partial charge is 0.241 e. The van der Waals surface area contributed by atoms with Gasteiger partial charge in [-0.2, -0.15) is 4.98 Å². The first-order valence-corrected chi connectivity index (χ1v) is 9.55. The van der Waals surface area contributed by atoms with E-state index in [-0.39, 0.29) is 11.8 Å². The molecule has 0 radical (unpaired) electrons. The third kappa shape index (κ3) is 4.61. The molecule has 1 fully saturated rings. The second kappa shape index (κ2) is 8.75. The summed E-state index contributed by atoms with van der Waals surface area (Å²) >= 11 is 0. The van der Waals surface area contributed by atoms with Crippen LogP contribution < -0.4 is 5.32 Å². The number of benzene rings is 1. The Labute approximate surface area is 163 Å². The van der Waals surface area contributed by atoms with E-state index in [0.29, 0.717) is 31.3 Å². The van der Waals surface area contributed by atoms with Gasteiger partial charge in [-0.15, -0.1) is 0 Å². The monoisotopic (exact) mass is 377 g/mol. The van der Waals surface area contributed by atoms with Crippen LogP contribution in [0.4, 0.5) is 0 Å². The molecule has 0 spiro atoms. The molecule has 0 aliphatic carbocycles. The average molecular weight is 377 g/mol. The average Bonchev–Trinajstić information content (AvgIpc) is 3.22. The molecular formula is C21H23N5O2. The lowest BCUT2D eigenvalue weighted by Gasteiger charge is -2.30. The van der Waals surface area contributed by atoms with Crippen LogP contribution in [-0.2, 0) is 17.9 Å². The number of hydrogen-bond donors (Lipinski definition) is 1. The van der Waals surface area contributed by atoms with Gasteiger partial charge in [0.05, 0.1) is 12.5 Å². The molecule has 1 aliphatic rings. The van der Waals surface area contributed by atoms with Crippen LogP contribution in [0.5, 0.6) is 0 Å². The standard InChI is InChI=1S/C21H23N5O2/c27-21(23-13-16-8-10-22-11-9-16)18-7-4-12-26(14-18)15-19-24-20(25-28-19)17-5-2-1-3-6-17/h1-3,5-6,8-11,18H,4,7,12-15H2,(H,23,27). The molecule has 7 heteroatoms. The summed E-state index contributed by atoms with van der Waals surface area (Å²) in [6.07, 6.45) is 5.35. The summed E-state index contributed by atoms with van der Waals surface area (Å²) in [4.78, 5) is 23.3. The molecule has 4 rings (SSSR count). The molecule has 1 amide bonds. The molecule has 3 heterocycles. The van der Waals surface area contributed by atoms with E-state index < -0.39 is 0 Å². The number of rotatable bonds is 6. The number of pyridine rings is 1. The van der Waals surface area contributed by atoms with E-state index in [2.05, 4.69) is 25.3 Å². The van der Waals surface area contributed by atoms with Crippen molar-refractivity contribution in [1.29, 1.82) is 0 Å². The first-order valence-electron chi connectivity index (χ1n) is 9.55. The maximum atomic E-state index is 12.6. The van der Waals surface area contributed by atoms with Gasteiger partial charge in [0, 0.05) is 31.0 Å². The topological polar surface area (TPSA) is 84.2 Å². The van der Waals surface area contributed by atoms with Crippen LogP contribution in [0.15, 0.2) is 59.4 Å². The predicted octanol–water partition coefficient (Wildman–Crippen LogP) is 2.66. The molecular weight excluding hydrogens is 354 g/mol. The van der Waals surface area contributed by atoms with Crippen LogP contribution in [0.1, 0.15) is 24.3 Å². The third-order valence-electron chi connectivity index (χ3n) is 4.95. The van der Waals surface area contributed by atoms with E-state index in [9.17, 15) is 4.79 Å². The van der Waals surface area contributed by atoms with Crippen molar-refractivity contribution in [2.45, 2.75) is 25.9 Å². The lowest BCUT2D eigenvalue weighted by Crippen LogP contribution is -2.42. The van der Waals surface area contributed by atoms with Crippen molar-refractivity contribution in [3.63, 3.8) is 0 Å². The van der Waals surface area contributed by atoms with Crippen LogP contribution in [0.2, 0.25) is 0 Å². The van der Waals surface area contributed by atoms with Crippen LogP contribution in [0.3, 0.4) is 0 Å². The van der Waals surface area contributed by atoms with E-state index in [4.69, 9.17) is 4.52 Å².